The summed E-state index contributed by atoms with van der Waals surface area (Å²) in [6, 6.07) is 0.0614. The van der Waals surface area contributed by atoms with Crippen LogP contribution in [0.1, 0.15) is 46.0 Å². The van der Waals surface area contributed by atoms with Crippen molar-refractivity contribution < 1.29 is 13.2 Å². The molecule has 1 amide bonds. The molecule has 1 aliphatic carbocycles. The Morgan fingerprint density at radius 3 is 2.45 bits per heavy atom. The van der Waals surface area contributed by atoms with Gasteiger partial charge in [0.1, 0.15) is 5.75 Å². The van der Waals surface area contributed by atoms with E-state index in [1.807, 2.05) is 0 Å². The van der Waals surface area contributed by atoms with Crippen LogP contribution in [0, 0.1) is 11.8 Å². The van der Waals surface area contributed by atoms with Crippen LogP contribution in [0.4, 0.5) is 0 Å². The largest absolute Gasteiger partial charge is 0.352 e. The molecular weight excluding hydrogens is 302 g/mol. The Labute approximate surface area is 133 Å². The third-order valence-corrected chi connectivity index (χ3v) is 6.15. The van der Waals surface area contributed by atoms with Gasteiger partial charge in [-0.25, -0.2) is 13.1 Å². The normalized spacial score (nSPS) is 33.4. The van der Waals surface area contributed by atoms with Crippen molar-refractivity contribution in [3.8, 4) is 0 Å². The topological polar surface area (TPSA) is 87.3 Å². The molecule has 2 rings (SSSR count). The van der Waals surface area contributed by atoms with Gasteiger partial charge in [-0.15, -0.1) is 0 Å². The molecule has 2 atom stereocenters. The van der Waals surface area contributed by atoms with E-state index in [0.717, 1.165) is 45.2 Å². The van der Waals surface area contributed by atoms with Crippen molar-refractivity contribution in [1.82, 2.24) is 15.4 Å². The maximum Gasteiger partial charge on any atom is 0.236 e. The van der Waals surface area contributed by atoms with E-state index in [-0.39, 0.29) is 12.1 Å². The number of hydrogen-bond donors (Lipinski definition) is 3. The molecule has 1 saturated carbocycles. The number of hydrogen-bond acceptors (Lipinski definition) is 4. The fourth-order valence-corrected chi connectivity index (χ4v) is 4.58. The first kappa shape index (κ1) is 17.7. The number of sulfonamides is 1. The minimum Gasteiger partial charge on any atom is -0.352 e. The summed E-state index contributed by atoms with van der Waals surface area (Å²) in [6.45, 7) is 5.97. The highest BCUT2D eigenvalue weighted by Crippen LogP contribution is 2.23. The van der Waals surface area contributed by atoms with E-state index in [1.54, 1.807) is 0 Å². The maximum atomic E-state index is 12.1. The molecule has 0 aromatic rings. The molecule has 0 aromatic carbocycles. The van der Waals surface area contributed by atoms with Gasteiger partial charge in [0, 0.05) is 12.1 Å². The van der Waals surface area contributed by atoms with Gasteiger partial charge in [-0.1, -0.05) is 13.8 Å². The van der Waals surface area contributed by atoms with E-state index in [9.17, 15) is 13.2 Å². The molecule has 7 heteroatoms. The summed E-state index contributed by atoms with van der Waals surface area (Å²) < 4.78 is 27.0. The Kier molecular flexibility index (Phi) is 6.23. The van der Waals surface area contributed by atoms with Gasteiger partial charge in [0.15, 0.2) is 0 Å². The molecule has 0 bridgehead atoms. The standard InChI is InChI=1S/C15H29N3O3S/c1-11-3-5-13(6-4-11)18-22(20,21)10-15(19)17-14-7-8-16-9-12(14)2/h11-14,16,18H,3-10H2,1-2H3,(H,17,19). The van der Waals surface area contributed by atoms with Gasteiger partial charge >= 0.3 is 0 Å². The van der Waals surface area contributed by atoms with Crippen LogP contribution in [-0.2, 0) is 14.8 Å². The van der Waals surface area contributed by atoms with Crippen LogP contribution in [-0.4, -0.2) is 45.3 Å². The Bertz CT molecular complexity index is 472. The van der Waals surface area contributed by atoms with Crippen LogP contribution in [0.25, 0.3) is 0 Å². The van der Waals surface area contributed by atoms with Gasteiger partial charge in [-0.3, -0.25) is 4.79 Å². The van der Waals surface area contributed by atoms with E-state index in [0.29, 0.717) is 11.8 Å². The quantitative estimate of drug-likeness (QED) is 0.688. The Morgan fingerprint density at radius 1 is 1.14 bits per heavy atom. The van der Waals surface area contributed by atoms with E-state index < -0.39 is 21.7 Å². The lowest BCUT2D eigenvalue weighted by molar-refractivity contribution is -0.119. The van der Waals surface area contributed by atoms with Crippen LogP contribution in [0.3, 0.4) is 0 Å². The maximum absolute atomic E-state index is 12.1. The lowest BCUT2D eigenvalue weighted by Gasteiger charge is -2.30. The molecule has 6 nitrogen and oxygen atoms in total. The SMILES string of the molecule is CC1CCC(NS(=O)(=O)CC(=O)NC2CCNCC2C)CC1. The van der Waals surface area contributed by atoms with E-state index in [1.165, 1.54) is 0 Å². The zero-order chi connectivity index (χ0) is 16.2. The number of nitrogens with one attached hydrogen (secondary N) is 3. The average Bonchev–Trinajstić information content (AvgIpc) is 2.43. The lowest BCUT2D eigenvalue weighted by Crippen LogP contribution is -2.50. The highest BCUT2D eigenvalue weighted by Gasteiger charge is 2.27. The molecule has 22 heavy (non-hydrogen) atoms. The number of rotatable bonds is 5. The third-order valence-electron chi connectivity index (χ3n) is 4.81. The fraction of sp³-hybridized carbons (Fsp3) is 0.933. The monoisotopic (exact) mass is 331 g/mol. The molecule has 0 aromatic heterocycles. The lowest BCUT2D eigenvalue weighted by atomic mass is 9.88. The summed E-state index contributed by atoms with van der Waals surface area (Å²) in [5.41, 5.74) is 0. The van der Waals surface area contributed by atoms with Crippen LogP contribution < -0.4 is 15.4 Å². The minimum absolute atomic E-state index is 0.00759. The van der Waals surface area contributed by atoms with Crippen LogP contribution in [0.5, 0.6) is 0 Å². The van der Waals surface area contributed by atoms with Crippen molar-refractivity contribution in [2.24, 2.45) is 11.8 Å². The van der Waals surface area contributed by atoms with Gasteiger partial charge in [0.2, 0.25) is 15.9 Å². The highest BCUT2D eigenvalue weighted by atomic mass is 32.2. The summed E-state index contributed by atoms with van der Waals surface area (Å²) in [5.74, 6) is 0.143. The molecule has 128 valence electrons. The summed E-state index contributed by atoms with van der Waals surface area (Å²) in [4.78, 5) is 12.0. The average molecular weight is 331 g/mol. The van der Waals surface area contributed by atoms with Crippen molar-refractivity contribution in [2.75, 3.05) is 18.8 Å². The van der Waals surface area contributed by atoms with Gasteiger partial charge in [-0.05, 0) is 57.0 Å². The van der Waals surface area contributed by atoms with Gasteiger partial charge in [0.25, 0.3) is 0 Å². The van der Waals surface area contributed by atoms with Crippen LogP contribution >= 0.6 is 0 Å². The second-order valence-corrected chi connectivity index (χ2v) is 8.73. The molecule has 3 N–H and O–H groups in total. The number of carbonyl (C=O) groups excluding carboxylic acids is 1. The van der Waals surface area contributed by atoms with E-state index >= 15 is 0 Å². The molecule has 0 spiro atoms. The van der Waals surface area contributed by atoms with E-state index in [2.05, 4.69) is 29.2 Å². The predicted molar refractivity (Wildman–Crippen MR) is 86.9 cm³/mol. The molecule has 0 radical (unpaired) electrons. The summed E-state index contributed by atoms with van der Waals surface area (Å²) in [7, 11) is -3.54. The first-order chi connectivity index (χ1) is 10.4. The van der Waals surface area contributed by atoms with Crippen molar-refractivity contribution in [1.29, 1.82) is 0 Å². The summed E-state index contributed by atoms with van der Waals surface area (Å²) >= 11 is 0. The Morgan fingerprint density at radius 2 is 1.82 bits per heavy atom. The Hall–Kier alpha value is -0.660. The van der Waals surface area contributed by atoms with E-state index in [4.69, 9.17) is 0 Å². The summed E-state index contributed by atoms with van der Waals surface area (Å²) in [5, 5.41) is 6.13. The molecule has 2 aliphatic rings. The van der Waals surface area contributed by atoms with Crippen molar-refractivity contribution in [2.45, 2.75) is 58.0 Å². The number of amides is 1. The zero-order valence-electron chi connectivity index (χ0n) is 13.6. The highest BCUT2D eigenvalue weighted by molar-refractivity contribution is 7.90. The molecule has 2 fully saturated rings. The summed E-state index contributed by atoms with van der Waals surface area (Å²) in [6.07, 6.45) is 4.68. The van der Waals surface area contributed by atoms with Crippen molar-refractivity contribution >= 4 is 15.9 Å². The molecule has 1 heterocycles. The predicted octanol–water partition coefficient (Wildman–Crippen LogP) is 0.599. The first-order valence-electron chi connectivity index (χ1n) is 8.36. The molecule has 1 aliphatic heterocycles. The number of piperidine rings is 1. The zero-order valence-corrected chi connectivity index (χ0v) is 14.4. The minimum atomic E-state index is -3.54. The second kappa shape index (κ2) is 7.75. The smallest absolute Gasteiger partial charge is 0.236 e. The van der Waals surface area contributed by atoms with Gasteiger partial charge in [0.05, 0.1) is 0 Å². The van der Waals surface area contributed by atoms with Crippen molar-refractivity contribution in [3.05, 3.63) is 0 Å². The van der Waals surface area contributed by atoms with Gasteiger partial charge in [-0.2, -0.15) is 0 Å². The second-order valence-electron chi connectivity index (χ2n) is 6.98. The molecular formula is C15H29N3O3S. The van der Waals surface area contributed by atoms with Gasteiger partial charge < -0.3 is 10.6 Å². The van der Waals surface area contributed by atoms with Crippen LogP contribution in [0.15, 0.2) is 0 Å². The first-order valence-corrected chi connectivity index (χ1v) is 10.0. The fourth-order valence-electron chi connectivity index (χ4n) is 3.32. The third kappa shape index (κ3) is 5.52. The van der Waals surface area contributed by atoms with Crippen molar-refractivity contribution in [3.63, 3.8) is 0 Å². The Balaban J connectivity index is 1.79. The van der Waals surface area contributed by atoms with Crippen LogP contribution in [0.2, 0.25) is 0 Å². The molecule has 1 saturated heterocycles. The molecule has 2 unspecified atom stereocenters. The number of carbonyl (C=O) groups is 1.